The van der Waals surface area contributed by atoms with Gasteiger partial charge in [0, 0.05) is 33.0 Å². The lowest BCUT2D eigenvalue weighted by molar-refractivity contribution is 0.0946. The molecule has 0 saturated carbocycles. The molecule has 6 heteroatoms. The zero-order chi connectivity index (χ0) is 15.6. The Hall–Kier alpha value is -2.47. The van der Waals surface area contributed by atoms with E-state index in [0.717, 1.165) is 12.0 Å². The molecule has 0 atom stereocenters. The Morgan fingerprint density at radius 3 is 2.82 bits per heavy atom. The molecule has 0 unspecified atom stereocenters. The smallest absolute Gasteiger partial charge is 0.270 e. The first kappa shape index (κ1) is 15.9. The van der Waals surface area contributed by atoms with E-state index in [1.54, 1.807) is 19.4 Å². The molecule has 0 saturated heterocycles. The summed E-state index contributed by atoms with van der Waals surface area (Å²) >= 11 is 0. The van der Waals surface area contributed by atoms with E-state index in [4.69, 9.17) is 4.74 Å². The summed E-state index contributed by atoms with van der Waals surface area (Å²) in [6, 6.07) is 11.3. The topological polar surface area (TPSA) is 76.1 Å². The molecule has 0 radical (unpaired) electrons. The molecule has 0 bridgehead atoms. The van der Waals surface area contributed by atoms with Crippen molar-refractivity contribution in [2.24, 2.45) is 0 Å². The fourth-order valence-electron chi connectivity index (χ4n) is 1.86. The first-order valence-electron chi connectivity index (χ1n) is 7.17. The zero-order valence-corrected chi connectivity index (χ0v) is 12.6. The number of ether oxygens (including phenoxy) is 1. The number of amides is 1. The lowest BCUT2D eigenvalue weighted by Gasteiger charge is -2.07. The molecular formula is C16H20N4O2. The monoisotopic (exact) mass is 300 g/mol. The Morgan fingerprint density at radius 1 is 1.23 bits per heavy atom. The number of benzene rings is 1. The van der Waals surface area contributed by atoms with Gasteiger partial charge >= 0.3 is 0 Å². The number of carbonyl (C=O) groups excluding carboxylic acids is 1. The molecule has 0 fully saturated rings. The lowest BCUT2D eigenvalue weighted by Crippen LogP contribution is -2.24. The molecule has 22 heavy (non-hydrogen) atoms. The number of anilines is 1. The summed E-state index contributed by atoms with van der Waals surface area (Å²) < 4.78 is 4.97. The summed E-state index contributed by atoms with van der Waals surface area (Å²) in [6.07, 6.45) is 2.42. The van der Waals surface area contributed by atoms with E-state index in [1.807, 2.05) is 30.3 Å². The largest absolute Gasteiger partial charge is 0.385 e. The first-order chi connectivity index (χ1) is 10.8. The number of hydrogen-bond donors (Lipinski definition) is 2. The van der Waals surface area contributed by atoms with Crippen molar-refractivity contribution in [1.29, 1.82) is 0 Å². The molecule has 2 rings (SSSR count). The van der Waals surface area contributed by atoms with Crippen LogP contribution in [0, 0.1) is 0 Å². The van der Waals surface area contributed by atoms with E-state index < -0.39 is 0 Å². The Morgan fingerprint density at radius 2 is 2.05 bits per heavy atom. The minimum Gasteiger partial charge on any atom is -0.385 e. The molecule has 1 aromatic carbocycles. The van der Waals surface area contributed by atoms with Crippen LogP contribution in [0.15, 0.2) is 42.6 Å². The highest BCUT2D eigenvalue weighted by molar-refractivity contribution is 5.92. The molecule has 116 valence electrons. The Balaban J connectivity index is 1.86. The normalized spacial score (nSPS) is 10.2. The van der Waals surface area contributed by atoms with Crippen LogP contribution in [0.25, 0.3) is 0 Å². The minimum absolute atomic E-state index is 0.216. The van der Waals surface area contributed by atoms with Crippen LogP contribution in [0.2, 0.25) is 0 Å². The number of nitrogens with zero attached hydrogens (tertiary/aromatic N) is 2. The van der Waals surface area contributed by atoms with E-state index in [0.29, 0.717) is 31.3 Å². The molecular weight excluding hydrogens is 280 g/mol. The van der Waals surface area contributed by atoms with Crippen molar-refractivity contribution in [3.63, 3.8) is 0 Å². The van der Waals surface area contributed by atoms with Gasteiger partial charge in [-0.25, -0.2) is 9.97 Å². The summed E-state index contributed by atoms with van der Waals surface area (Å²) in [6.45, 7) is 1.84. The van der Waals surface area contributed by atoms with Crippen LogP contribution in [0.4, 0.5) is 5.95 Å². The molecule has 1 amide bonds. The van der Waals surface area contributed by atoms with Gasteiger partial charge in [0.1, 0.15) is 5.69 Å². The summed E-state index contributed by atoms with van der Waals surface area (Å²) in [7, 11) is 1.66. The van der Waals surface area contributed by atoms with Crippen molar-refractivity contribution in [2.45, 2.75) is 13.0 Å². The standard InChI is InChI=1S/C16H20N4O2/c1-22-11-5-9-17-16-18-10-8-14(20-16)15(21)19-12-13-6-3-2-4-7-13/h2-4,6-8,10H,5,9,11-12H2,1H3,(H,19,21)(H,17,18,20). The Kier molecular flexibility index (Phi) is 6.32. The first-order valence-corrected chi connectivity index (χ1v) is 7.17. The van der Waals surface area contributed by atoms with Gasteiger partial charge in [-0.05, 0) is 18.1 Å². The third-order valence-corrected chi connectivity index (χ3v) is 2.99. The van der Waals surface area contributed by atoms with Gasteiger partial charge in [-0.1, -0.05) is 30.3 Å². The van der Waals surface area contributed by atoms with Crippen molar-refractivity contribution < 1.29 is 9.53 Å². The fourth-order valence-corrected chi connectivity index (χ4v) is 1.86. The van der Waals surface area contributed by atoms with E-state index in [9.17, 15) is 4.79 Å². The maximum Gasteiger partial charge on any atom is 0.270 e. The number of rotatable bonds is 8. The highest BCUT2D eigenvalue weighted by Crippen LogP contribution is 2.02. The van der Waals surface area contributed by atoms with Crippen LogP contribution < -0.4 is 10.6 Å². The van der Waals surface area contributed by atoms with Gasteiger partial charge < -0.3 is 15.4 Å². The summed E-state index contributed by atoms with van der Waals surface area (Å²) in [5.74, 6) is 0.231. The van der Waals surface area contributed by atoms with Crippen LogP contribution in [-0.2, 0) is 11.3 Å². The Bertz CT molecular complexity index is 590. The highest BCUT2D eigenvalue weighted by Gasteiger charge is 2.08. The van der Waals surface area contributed by atoms with Crippen molar-refractivity contribution in [3.05, 3.63) is 53.9 Å². The SMILES string of the molecule is COCCCNc1nccc(C(=O)NCc2ccccc2)n1. The molecule has 0 aliphatic heterocycles. The molecule has 0 aliphatic rings. The molecule has 2 aromatic rings. The minimum atomic E-state index is -0.216. The van der Waals surface area contributed by atoms with Crippen molar-refractivity contribution in [2.75, 3.05) is 25.6 Å². The number of nitrogens with one attached hydrogen (secondary N) is 2. The summed E-state index contributed by atoms with van der Waals surface area (Å²) in [5, 5.41) is 5.91. The van der Waals surface area contributed by atoms with Crippen molar-refractivity contribution >= 4 is 11.9 Å². The third-order valence-electron chi connectivity index (χ3n) is 2.99. The Labute approximate surface area is 129 Å². The third kappa shape index (κ3) is 5.14. The second-order valence-electron chi connectivity index (χ2n) is 4.71. The molecule has 0 aliphatic carbocycles. The maximum absolute atomic E-state index is 12.1. The van der Waals surface area contributed by atoms with Gasteiger partial charge in [0.05, 0.1) is 0 Å². The number of hydrogen-bond acceptors (Lipinski definition) is 5. The molecule has 0 spiro atoms. The van der Waals surface area contributed by atoms with Gasteiger partial charge in [0.2, 0.25) is 5.95 Å². The molecule has 1 aromatic heterocycles. The number of aromatic nitrogens is 2. The average molecular weight is 300 g/mol. The summed E-state index contributed by atoms with van der Waals surface area (Å²) in [4.78, 5) is 20.4. The number of carbonyl (C=O) groups is 1. The second kappa shape index (κ2) is 8.74. The van der Waals surface area contributed by atoms with Crippen LogP contribution in [-0.4, -0.2) is 36.1 Å². The van der Waals surface area contributed by atoms with Gasteiger partial charge in [-0.3, -0.25) is 4.79 Å². The van der Waals surface area contributed by atoms with Gasteiger partial charge in [-0.15, -0.1) is 0 Å². The molecule has 1 heterocycles. The predicted octanol–water partition coefficient (Wildman–Crippen LogP) is 1.85. The van der Waals surface area contributed by atoms with Crippen LogP contribution in [0.3, 0.4) is 0 Å². The van der Waals surface area contributed by atoms with Crippen molar-refractivity contribution in [1.82, 2.24) is 15.3 Å². The summed E-state index contributed by atoms with van der Waals surface area (Å²) in [5.41, 5.74) is 1.39. The highest BCUT2D eigenvalue weighted by atomic mass is 16.5. The average Bonchev–Trinajstić information content (AvgIpc) is 2.58. The van der Waals surface area contributed by atoms with Crippen molar-refractivity contribution in [3.8, 4) is 0 Å². The second-order valence-corrected chi connectivity index (χ2v) is 4.71. The molecule has 6 nitrogen and oxygen atoms in total. The molecule has 2 N–H and O–H groups in total. The lowest BCUT2D eigenvalue weighted by atomic mass is 10.2. The van der Waals surface area contributed by atoms with Crippen LogP contribution >= 0.6 is 0 Å². The van der Waals surface area contributed by atoms with E-state index in [-0.39, 0.29) is 5.91 Å². The maximum atomic E-state index is 12.1. The fraction of sp³-hybridized carbons (Fsp3) is 0.312. The van der Waals surface area contributed by atoms with Crippen LogP contribution in [0.5, 0.6) is 0 Å². The number of methoxy groups -OCH3 is 1. The predicted molar refractivity (Wildman–Crippen MR) is 84.6 cm³/mol. The van der Waals surface area contributed by atoms with Crippen LogP contribution in [0.1, 0.15) is 22.5 Å². The quantitative estimate of drug-likeness (QED) is 0.728. The van der Waals surface area contributed by atoms with E-state index in [1.165, 1.54) is 0 Å². The van der Waals surface area contributed by atoms with E-state index >= 15 is 0 Å². The van der Waals surface area contributed by atoms with Gasteiger partial charge in [-0.2, -0.15) is 0 Å². The van der Waals surface area contributed by atoms with Gasteiger partial charge in [0.25, 0.3) is 5.91 Å². The zero-order valence-electron chi connectivity index (χ0n) is 12.6. The van der Waals surface area contributed by atoms with E-state index in [2.05, 4.69) is 20.6 Å². The van der Waals surface area contributed by atoms with Gasteiger partial charge in [0.15, 0.2) is 0 Å².